The van der Waals surface area contributed by atoms with E-state index in [0.29, 0.717) is 10.8 Å². The molecule has 114 valence electrons. The summed E-state index contributed by atoms with van der Waals surface area (Å²) in [6, 6.07) is 0.384. The maximum Gasteiger partial charge on any atom is 0.0644 e. The smallest absolute Gasteiger partial charge is 0.0644 e. The zero-order chi connectivity index (χ0) is 14.8. The number of hydrogen-bond acceptors (Lipinski definition) is 3. The third-order valence-electron chi connectivity index (χ3n) is 4.93. The van der Waals surface area contributed by atoms with E-state index in [1.54, 1.807) is 0 Å². The van der Waals surface area contributed by atoms with Gasteiger partial charge in [-0.05, 0) is 39.9 Å². The highest BCUT2D eigenvalue weighted by atomic mass is 32.2. The van der Waals surface area contributed by atoms with Gasteiger partial charge in [0.15, 0.2) is 0 Å². The molecule has 1 atom stereocenters. The molecule has 2 rings (SSSR count). The topological polar surface area (TPSA) is 29.9 Å². The van der Waals surface area contributed by atoms with Gasteiger partial charge in [-0.25, -0.2) is 0 Å². The Kier molecular flexibility index (Phi) is 5.19. The van der Waals surface area contributed by atoms with Gasteiger partial charge in [0.05, 0.1) is 5.69 Å². The molecule has 0 amide bonds. The van der Waals surface area contributed by atoms with Crippen LogP contribution >= 0.6 is 11.8 Å². The predicted molar refractivity (Wildman–Crippen MR) is 88.4 cm³/mol. The van der Waals surface area contributed by atoms with E-state index in [4.69, 9.17) is 0 Å². The molecule has 1 fully saturated rings. The van der Waals surface area contributed by atoms with Gasteiger partial charge in [-0.1, -0.05) is 19.3 Å². The second-order valence-corrected chi connectivity index (χ2v) is 7.53. The first-order valence-electron chi connectivity index (χ1n) is 7.78. The number of nitrogens with one attached hydrogen (secondary N) is 1. The Bertz CT molecular complexity index is 447. The normalized spacial score (nSPS) is 20.1. The monoisotopic (exact) mass is 295 g/mol. The number of thioether (sulfide) groups is 1. The number of aromatic nitrogens is 2. The van der Waals surface area contributed by atoms with Gasteiger partial charge in [0.25, 0.3) is 0 Å². The lowest BCUT2D eigenvalue weighted by atomic mass is 9.88. The minimum atomic E-state index is 0.384. The van der Waals surface area contributed by atoms with Gasteiger partial charge in [0, 0.05) is 35.6 Å². The van der Waals surface area contributed by atoms with Crippen LogP contribution in [-0.2, 0) is 7.05 Å². The van der Waals surface area contributed by atoms with Crippen LogP contribution in [0.15, 0.2) is 0 Å². The fourth-order valence-electron chi connectivity index (χ4n) is 3.51. The van der Waals surface area contributed by atoms with E-state index in [2.05, 4.69) is 49.2 Å². The molecule has 0 radical (unpaired) electrons. The number of aryl methyl sites for hydroxylation is 2. The lowest BCUT2D eigenvalue weighted by molar-refractivity contribution is 0.367. The molecule has 1 N–H and O–H groups in total. The van der Waals surface area contributed by atoms with Crippen molar-refractivity contribution in [1.29, 1.82) is 0 Å². The van der Waals surface area contributed by atoms with E-state index in [1.807, 2.05) is 11.7 Å². The largest absolute Gasteiger partial charge is 0.309 e. The van der Waals surface area contributed by atoms with Crippen molar-refractivity contribution in [2.75, 3.05) is 12.8 Å². The second-order valence-electron chi connectivity index (χ2n) is 6.26. The fourth-order valence-corrected chi connectivity index (χ4v) is 4.43. The number of rotatable bonds is 5. The molecule has 1 unspecified atom stereocenters. The van der Waals surface area contributed by atoms with E-state index in [0.717, 1.165) is 12.2 Å². The zero-order valence-electron chi connectivity index (χ0n) is 13.6. The lowest BCUT2D eigenvalue weighted by Crippen LogP contribution is -2.40. The van der Waals surface area contributed by atoms with Crippen molar-refractivity contribution >= 4 is 11.8 Å². The van der Waals surface area contributed by atoms with Crippen molar-refractivity contribution in [3.63, 3.8) is 0 Å². The van der Waals surface area contributed by atoms with Crippen LogP contribution in [-0.4, -0.2) is 27.3 Å². The van der Waals surface area contributed by atoms with Crippen molar-refractivity contribution in [3.05, 3.63) is 17.0 Å². The molecule has 1 aromatic rings. The highest BCUT2D eigenvalue weighted by Crippen LogP contribution is 2.38. The molecule has 1 aliphatic rings. The highest BCUT2D eigenvalue weighted by Gasteiger charge is 2.31. The Labute approximate surface area is 127 Å². The first kappa shape index (κ1) is 15.9. The summed E-state index contributed by atoms with van der Waals surface area (Å²) in [4.78, 5) is 0. The molecule has 1 aromatic heterocycles. The molecule has 0 saturated heterocycles. The average Bonchev–Trinajstić information content (AvgIpc) is 2.71. The molecule has 0 spiro atoms. The Morgan fingerprint density at radius 1 is 1.30 bits per heavy atom. The molecule has 0 bridgehead atoms. The van der Waals surface area contributed by atoms with Crippen molar-refractivity contribution in [1.82, 2.24) is 15.1 Å². The first-order chi connectivity index (χ1) is 9.49. The van der Waals surface area contributed by atoms with Gasteiger partial charge in [-0.2, -0.15) is 16.9 Å². The first-order valence-corrected chi connectivity index (χ1v) is 9.00. The number of hydrogen-bond donors (Lipinski definition) is 1. The molecule has 0 aromatic carbocycles. The van der Waals surface area contributed by atoms with Crippen LogP contribution in [0.25, 0.3) is 0 Å². The Morgan fingerprint density at radius 3 is 2.45 bits per heavy atom. The second kappa shape index (κ2) is 6.52. The quantitative estimate of drug-likeness (QED) is 0.897. The van der Waals surface area contributed by atoms with E-state index in [9.17, 15) is 0 Å². The number of nitrogens with zero attached hydrogens (tertiary/aromatic N) is 2. The molecule has 0 aliphatic heterocycles. The third-order valence-corrected chi connectivity index (χ3v) is 6.34. The van der Waals surface area contributed by atoms with Crippen LogP contribution in [0.3, 0.4) is 0 Å². The van der Waals surface area contributed by atoms with Gasteiger partial charge < -0.3 is 5.32 Å². The third kappa shape index (κ3) is 3.22. The van der Waals surface area contributed by atoms with Gasteiger partial charge in [-0.3, -0.25) is 4.68 Å². The van der Waals surface area contributed by atoms with Gasteiger partial charge in [0.1, 0.15) is 0 Å². The summed E-state index contributed by atoms with van der Waals surface area (Å²) in [5, 5.41) is 8.32. The predicted octanol–water partition coefficient (Wildman–Crippen LogP) is 3.75. The summed E-state index contributed by atoms with van der Waals surface area (Å²) in [6.45, 7) is 7.67. The standard InChI is InChI=1S/C16H29N3S/c1-12(15-13(2)18-19(4)14(15)3)17-11-16(20-5)9-7-6-8-10-16/h12,17H,6-11H2,1-5H3. The van der Waals surface area contributed by atoms with Crippen LogP contribution in [0.2, 0.25) is 0 Å². The van der Waals surface area contributed by atoms with E-state index >= 15 is 0 Å². The average molecular weight is 295 g/mol. The summed E-state index contributed by atoms with van der Waals surface area (Å²) in [5.74, 6) is 0. The molecule has 4 heteroatoms. The van der Waals surface area contributed by atoms with E-state index in [1.165, 1.54) is 43.4 Å². The summed E-state index contributed by atoms with van der Waals surface area (Å²) < 4.78 is 2.45. The van der Waals surface area contributed by atoms with Crippen molar-refractivity contribution in [3.8, 4) is 0 Å². The van der Waals surface area contributed by atoms with E-state index < -0.39 is 0 Å². The van der Waals surface area contributed by atoms with Crippen LogP contribution in [0.5, 0.6) is 0 Å². The Hall–Kier alpha value is -0.480. The van der Waals surface area contributed by atoms with Gasteiger partial charge in [0.2, 0.25) is 0 Å². The highest BCUT2D eigenvalue weighted by molar-refractivity contribution is 8.00. The van der Waals surface area contributed by atoms with Crippen molar-refractivity contribution in [2.45, 2.75) is 63.7 Å². The minimum Gasteiger partial charge on any atom is -0.309 e. The summed E-state index contributed by atoms with van der Waals surface area (Å²) >= 11 is 2.06. The Morgan fingerprint density at radius 2 is 1.95 bits per heavy atom. The summed E-state index contributed by atoms with van der Waals surface area (Å²) in [6.07, 6.45) is 9.19. The van der Waals surface area contributed by atoms with Crippen LogP contribution in [0.4, 0.5) is 0 Å². The molecular weight excluding hydrogens is 266 g/mol. The Balaban J connectivity index is 2.02. The molecular formula is C16H29N3S. The maximum absolute atomic E-state index is 4.54. The molecule has 1 heterocycles. The SMILES string of the molecule is CSC1(CNC(C)c2c(C)nn(C)c2C)CCCCC1. The summed E-state index contributed by atoms with van der Waals surface area (Å²) in [7, 11) is 2.03. The van der Waals surface area contributed by atoms with Crippen LogP contribution in [0.1, 0.15) is 62.0 Å². The van der Waals surface area contributed by atoms with Gasteiger partial charge >= 0.3 is 0 Å². The van der Waals surface area contributed by atoms with Crippen LogP contribution in [0, 0.1) is 13.8 Å². The van der Waals surface area contributed by atoms with Crippen molar-refractivity contribution in [2.24, 2.45) is 7.05 Å². The molecule has 20 heavy (non-hydrogen) atoms. The minimum absolute atomic E-state index is 0.384. The van der Waals surface area contributed by atoms with Gasteiger partial charge in [-0.15, -0.1) is 0 Å². The molecule has 3 nitrogen and oxygen atoms in total. The van der Waals surface area contributed by atoms with Crippen LogP contribution < -0.4 is 5.32 Å². The fraction of sp³-hybridized carbons (Fsp3) is 0.812. The molecule has 1 aliphatic carbocycles. The lowest BCUT2D eigenvalue weighted by Gasteiger charge is -2.37. The van der Waals surface area contributed by atoms with E-state index in [-0.39, 0.29) is 0 Å². The maximum atomic E-state index is 4.54. The zero-order valence-corrected chi connectivity index (χ0v) is 14.4. The van der Waals surface area contributed by atoms with Crippen molar-refractivity contribution < 1.29 is 0 Å². The summed E-state index contributed by atoms with van der Waals surface area (Å²) in [5.41, 5.74) is 3.82. The molecule has 1 saturated carbocycles.